The Balaban J connectivity index is 0.000000448. The van der Waals surface area contributed by atoms with Crippen LogP contribution in [0.3, 0.4) is 0 Å². The fourth-order valence-corrected chi connectivity index (χ4v) is 6.17. The van der Waals surface area contributed by atoms with Crippen LogP contribution in [0, 0.1) is 5.82 Å². The second-order valence-electron chi connectivity index (χ2n) is 10.5. The van der Waals surface area contributed by atoms with Crippen molar-refractivity contribution in [1.82, 2.24) is 15.5 Å². The first-order valence-corrected chi connectivity index (χ1v) is 14.3. The summed E-state index contributed by atoms with van der Waals surface area (Å²) in [6.45, 7) is 1.04. The maximum Gasteiger partial charge on any atom is 0.490 e. The summed E-state index contributed by atoms with van der Waals surface area (Å²) in [5.74, 6) is -2.93. The van der Waals surface area contributed by atoms with E-state index >= 15 is 0 Å². The summed E-state index contributed by atoms with van der Waals surface area (Å²) in [5.41, 5.74) is 2.94. The molecule has 2 bridgehead atoms. The highest BCUT2D eigenvalue weighted by molar-refractivity contribution is 7.90. The number of carboxylic acids is 1. The molecule has 0 aromatic heterocycles. The largest absolute Gasteiger partial charge is 0.490 e. The molecule has 4 aliphatic rings. The summed E-state index contributed by atoms with van der Waals surface area (Å²) < 4.78 is 68.0. The third kappa shape index (κ3) is 6.52. The Morgan fingerprint density at radius 2 is 1.64 bits per heavy atom. The van der Waals surface area contributed by atoms with E-state index in [1.807, 2.05) is 23.1 Å². The molecule has 0 unspecified atom stereocenters. The second kappa shape index (κ2) is 10.4. The molecule has 2 amide bonds. The van der Waals surface area contributed by atoms with Gasteiger partial charge in [0.2, 0.25) is 0 Å². The molecular weight excluding hydrogens is 542 g/mol. The monoisotopic (exact) mass is 571 g/mol. The molecule has 1 atom stereocenters. The molecule has 1 heterocycles. The van der Waals surface area contributed by atoms with Crippen LogP contribution in [0.4, 0.5) is 22.4 Å². The molecule has 0 spiro atoms. The van der Waals surface area contributed by atoms with Crippen molar-refractivity contribution >= 4 is 21.8 Å². The summed E-state index contributed by atoms with van der Waals surface area (Å²) in [4.78, 5) is 24.1. The van der Waals surface area contributed by atoms with E-state index in [4.69, 9.17) is 9.90 Å². The average molecular weight is 572 g/mol. The molecule has 0 radical (unpaired) electrons. The van der Waals surface area contributed by atoms with E-state index in [2.05, 4.69) is 16.7 Å². The van der Waals surface area contributed by atoms with Gasteiger partial charge in [-0.15, -0.1) is 0 Å². The van der Waals surface area contributed by atoms with Gasteiger partial charge in [0.25, 0.3) is 0 Å². The molecule has 3 N–H and O–H groups in total. The average Bonchev–Trinajstić information content (AvgIpc) is 2.80. The number of hydrogen-bond donors (Lipinski definition) is 3. The number of benzene rings is 2. The van der Waals surface area contributed by atoms with Crippen molar-refractivity contribution in [1.29, 1.82) is 0 Å². The van der Waals surface area contributed by atoms with Crippen LogP contribution >= 0.6 is 0 Å². The van der Waals surface area contributed by atoms with Crippen molar-refractivity contribution in [2.24, 2.45) is 0 Å². The number of sulfone groups is 1. The van der Waals surface area contributed by atoms with Gasteiger partial charge < -0.3 is 20.6 Å². The second-order valence-corrected chi connectivity index (χ2v) is 12.7. The highest BCUT2D eigenvalue weighted by Gasteiger charge is 2.68. The highest BCUT2D eigenvalue weighted by Crippen LogP contribution is 2.60. The molecule has 8 nitrogen and oxygen atoms in total. The molecule has 39 heavy (non-hydrogen) atoms. The molecule has 2 aromatic rings. The topological polar surface area (TPSA) is 116 Å². The van der Waals surface area contributed by atoms with E-state index < -0.39 is 22.0 Å². The van der Waals surface area contributed by atoms with Gasteiger partial charge in [-0.1, -0.05) is 36.4 Å². The number of aliphatic carboxylic acids is 1. The number of rotatable bonds is 6. The maximum absolute atomic E-state index is 13.5. The standard InChI is InChI=1S/C24H28FN3O3S.C2HF3O2/c1-32(30,31)13-11-26-23-14-24(15-23,16-23)27-22(29)28-12-10-17-4-2-3-5-20(17)21(28)18-6-8-19(25)9-7-18;3-2(4,5)1(6)7/h2-9,21,26H,10-16H2,1H3,(H,27,29);(H,6,7)/t21-,23?,24?;/m0./s1. The predicted molar refractivity (Wildman–Crippen MR) is 134 cm³/mol. The number of hydrogen-bond acceptors (Lipinski definition) is 5. The molecule has 2 aromatic carbocycles. The van der Waals surface area contributed by atoms with E-state index in [0.717, 1.165) is 36.8 Å². The van der Waals surface area contributed by atoms with Crippen LogP contribution in [-0.4, -0.2) is 72.8 Å². The SMILES string of the molecule is CS(=O)(=O)CCNC12CC(NC(=O)N3CCc4ccccc4[C@@H]3c3ccc(F)cc3)(C1)C2.O=C(O)C(F)(F)F. The van der Waals surface area contributed by atoms with Crippen LogP contribution in [0.1, 0.15) is 42.0 Å². The van der Waals surface area contributed by atoms with Gasteiger partial charge in [0.05, 0.1) is 11.8 Å². The van der Waals surface area contributed by atoms with Crippen LogP contribution in [0.25, 0.3) is 0 Å². The highest BCUT2D eigenvalue weighted by atomic mass is 32.2. The van der Waals surface area contributed by atoms with Gasteiger partial charge >= 0.3 is 18.2 Å². The van der Waals surface area contributed by atoms with Crippen LogP contribution < -0.4 is 10.6 Å². The normalized spacial score (nSPS) is 25.3. The van der Waals surface area contributed by atoms with E-state index in [1.54, 1.807) is 12.1 Å². The molecule has 3 fully saturated rings. The number of nitrogens with one attached hydrogen (secondary N) is 2. The van der Waals surface area contributed by atoms with E-state index in [0.29, 0.717) is 13.1 Å². The number of carboxylic acid groups (broad SMARTS) is 1. The quantitative estimate of drug-likeness (QED) is 0.458. The fraction of sp³-hybridized carbons (Fsp3) is 0.462. The Morgan fingerprint density at radius 3 is 2.21 bits per heavy atom. The number of carbonyl (C=O) groups excluding carboxylic acids is 1. The van der Waals surface area contributed by atoms with Gasteiger partial charge in [0.15, 0.2) is 0 Å². The molecule has 0 saturated heterocycles. The lowest BCUT2D eigenvalue weighted by atomic mass is 9.44. The Labute approximate surface area is 223 Å². The number of alkyl halides is 3. The number of urea groups is 1. The summed E-state index contributed by atoms with van der Waals surface area (Å²) in [5, 5.41) is 13.8. The van der Waals surface area contributed by atoms with Crippen molar-refractivity contribution in [3.8, 4) is 0 Å². The van der Waals surface area contributed by atoms with E-state index in [1.165, 1.54) is 24.0 Å². The van der Waals surface area contributed by atoms with E-state index in [9.17, 15) is 30.8 Å². The zero-order chi connectivity index (χ0) is 28.6. The minimum Gasteiger partial charge on any atom is -0.475 e. The van der Waals surface area contributed by atoms with Crippen molar-refractivity contribution in [2.45, 2.75) is 49.0 Å². The predicted octanol–water partition coefficient (Wildman–Crippen LogP) is 3.43. The molecule has 13 heteroatoms. The van der Waals surface area contributed by atoms with Gasteiger partial charge in [-0.05, 0) is 54.5 Å². The first kappa shape index (κ1) is 28.8. The summed E-state index contributed by atoms with van der Waals surface area (Å²) in [7, 11) is -2.98. The minimum atomic E-state index is -5.08. The Morgan fingerprint density at radius 1 is 1.05 bits per heavy atom. The smallest absolute Gasteiger partial charge is 0.475 e. The minimum absolute atomic E-state index is 0.0389. The number of fused-ring (bicyclic) bond motifs is 1. The number of amides is 2. The molecule has 6 rings (SSSR count). The molecular formula is C26H29F4N3O5S. The Bertz CT molecular complexity index is 1330. The number of nitrogens with zero attached hydrogens (tertiary/aromatic N) is 1. The van der Waals surface area contributed by atoms with Crippen molar-refractivity contribution in [2.75, 3.05) is 25.1 Å². The summed E-state index contributed by atoms with van der Waals surface area (Å²) in [6, 6.07) is 14.2. The zero-order valence-corrected chi connectivity index (χ0v) is 21.9. The molecule has 3 saturated carbocycles. The lowest BCUT2D eigenvalue weighted by Gasteiger charge is -2.71. The Hall–Kier alpha value is -3.19. The molecule has 1 aliphatic heterocycles. The van der Waals surface area contributed by atoms with E-state index in [-0.39, 0.29) is 34.7 Å². The van der Waals surface area contributed by atoms with Crippen LogP contribution in [0.2, 0.25) is 0 Å². The number of carbonyl (C=O) groups is 2. The van der Waals surface area contributed by atoms with Crippen molar-refractivity contribution < 1.29 is 40.7 Å². The molecule has 212 valence electrons. The third-order valence-corrected chi connectivity index (χ3v) is 8.29. The first-order chi connectivity index (χ1) is 18.1. The summed E-state index contributed by atoms with van der Waals surface area (Å²) >= 11 is 0. The lowest BCUT2D eigenvalue weighted by Crippen LogP contribution is -2.84. The van der Waals surface area contributed by atoms with Gasteiger partial charge in [-0.3, -0.25) is 0 Å². The van der Waals surface area contributed by atoms with Gasteiger partial charge in [-0.2, -0.15) is 13.2 Å². The van der Waals surface area contributed by atoms with Crippen molar-refractivity contribution in [3.05, 3.63) is 71.0 Å². The van der Waals surface area contributed by atoms with Crippen LogP contribution in [0.15, 0.2) is 48.5 Å². The van der Waals surface area contributed by atoms with Gasteiger partial charge in [0.1, 0.15) is 15.7 Å². The zero-order valence-electron chi connectivity index (χ0n) is 21.1. The van der Waals surface area contributed by atoms with Crippen LogP contribution in [0.5, 0.6) is 0 Å². The first-order valence-electron chi connectivity index (χ1n) is 12.3. The molecule has 3 aliphatic carbocycles. The van der Waals surface area contributed by atoms with Gasteiger partial charge in [0, 0.05) is 30.4 Å². The maximum atomic E-state index is 13.5. The van der Waals surface area contributed by atoms with Crippen molar-refractivity contribution in [3.63, 3.8) is 0 Å². The summed E-state index contributed by atoms with van der Waals surface area (Å²) in [6.07, 6.45) is -0.596. The van der Waals surface area contributed by atoms with Crippen LogP contribution in [-0.2, 0) is 21.1 Å². The number of halogens is 4. The van der Waals surface area contributed by atoms with Gasteiger partial charge in [-0.25, -0.2) is 22.4 Å². The Kier molecular flexibility index (Phi) is 7.69. The lowest BCUT2D eigenvalue weighted by molar-refractivity contribution is -0.192. The fourth-order valence-electron chi connectivity index (χ4n) is 5.70. The third-order valence-electron chi connectivity index (χ3n) is 7.35.